The quantitative estimate of drug-likeness (QED) is 0.653. The number of rotatable bonds is 8. The second kappa shape index (κ2) is 9.55. The number of hydrogen-bond donors (Lipinski definition) is 2. The predicted molar refractivity (Wildman–Crippen MR) is 79.5 cm³/mol. The fraction of sp³-hybridized carbons (Fsp3) is 0.917. The van der Waals surface area contributed by atoms with E-state index in [1.165, 1.54) is 0 Å². The maximum Gasteiger partial charge on any atom is 0.235 e. The van der Waals surface area contributed by atoms with Crippen LogP contribution in [0.4, 0.5) is 0 Å². The summed E-state index contributed by atoms with van der Waals surface area (Å²) in [5.41, 5.74) is 0. The van der Waals surface area contributed by atoms with E-state index in [2.05, 4.69) is 17.6 Å². The van der Waals surface area contributed by atoms with Crippen molar-refractivity contribution in [3.8, 4) is 0 Å². The van der Waals surface area contributed by atoms with Crippen LogP contribution in [0.15, 0.2) is 0 Å². The molecule has 5 nitrogen and oxygen atoms in total. The fourth-order valence-electron chi connectivity index (χ4n) is 2.19. The first-order valence-electron chi connectivity index (χ1n) is 6.75. The van der Waals surface area contributed by atoms with Gasteiger partial charge in [-0.15, -0.1) is 12.4 Å². The van der Waals surface area contributed by atoms with Crippen LogP contribution in [0, 0.1) is 0 Å². The standard InChI is InChI=1S/C12H24N2O3S.ClH/c1-2-7-13-8-9-14-12(15)10-18(16,17)11-5-3-4-6-11;/h11,13H,2-10H2,1H3,(H,14,15);1H. The van der Waals surface area contributed by atoms with E-state index in [0.717, 1.165) is 25.8 Å². The number of hydrogen-bond acceptors (Lipinski definition) is 4. The third kappa shape index (κ3) is 7.13. The Balaban J connectivity index is 0.00000324. The smallest absolute Gasteiger partial charge is 0.235 e. The Morgan fingerprint density at radius 2 is 1.79 bits per heavy atom. The molecule has 0 heterocycles. The number of sulfone groups is 1. The molecule has 2 N–H and O–H groups in total. The Bertz CT molecular complexity index is 354. The highest BCUT2D eigenvalue weighted by atomic mass is 35.5. The third-order valence-electron chi connectivity index (χ3n) is 3.19. The SMILES string of the molecule is CCCNCCNC(=O)CS(=O)(=O)C1CCCC1.Cl. The van der Waals surface area contributed by atoms with Gasteiger partial charge in [-0.3, -0.25) is 4.79 Å². The lowest BCUT2D eigenvalue weighted by Crippen LogP contribution is -2.37. The number of carbonyl (C=O) groups is 1. The van der Waals surface area contributed by atoms with Crippen molar-refractivity contribution in [3.05, 3.63) is 0 Å². The lowest BCUT2D eigenvalue weighted by Gasteiger charge is -2.11. The molecule has 0 bridgehead atoms. The van der Waals surface area contributed by atoms with Crippen LogP contribution in [0.3, 0.4) is 0 Å². The van der Waals surface area contributed by atoms with Gasteiger partial charge in [-0.2, -0.15) is 0 Å². The Kier molecular flexibility index (Phi) is 9.39. The van der Waals surface area contributed by atoms with Crippen LogP contribution in [-0.2, 0) is 14.6 Å². The third-order valence-corrected chi connectivity index (χ3v) is 5.34. The molecule has 0 saturated heterocycles. The van der Waals surface area contributed by atoms with Crippen molar-refractivity contribution < 1.29 is 13.2 Å². The van der Waals surface area contributed by atoms with Crippen LogP contribution in [0.5, 0.6) is 0 Å². The van der Waals surface area contributed by atoms with E-state index in [1.54, 1.807) is 0 Å². The van der Waals surface area contributed by atoms with Gasteiger partial charge in [0.25, 0.3) is 0 Å². The predicted octanol–water partition coefficient (Wildman–Crippen LogP) is 0.881. The van der Waals surface area contributed by atoms with E-state index in [-0.39, 0.29) is 29.3 Å². The minimum absolute atomic E-state index is 0. The van der Waals surface area contributed by atoms with E-state index in [0.29, 0.717) is 25.9 Å². The van der Waals surface area contributed by atoms with Gasteiger partial charge in [0.1, 0.15) is 5.75 Å². The molecule has 0 radical (unpaired) electrons. The van der Waals surface area contributed by atoms with Crippen molar-refractivity contribution in [2.45, 2.75) is 44.3 Å². The fourth-order valence-corrected chi connectivity index (χ4v) is 3.95. The largest absolute Gasteiger partial charge is 0.354 e. The first-order valence-corrected chi connectivity index (χ1v) is 8.47. The molecule has 1 saturated carbocycles. The summed E-state index contributed by atoms with van der Waals surface area (Å²) in [5, 5.41) is 5.49. The first-order chi connectivity index (χ1) is 8.56. The van der Waals surface area contributed by atoms with Gasteiger partial charge in [-0.1, -0.05) is 19.8 Å². The molecular formula is C12H25ClN2O3S. The summed E-state index contributed by atoms with van der Waals surface area (Å²) < 4.78 is 23.8. The molecule has 0 aromatic rings. The van der Waals surface area contributed by atoms with Gasteiger partial charge in [0.05, 0.1) is 5.25 Å². The maximum absolute atomic E-state index is 11.9. The van der Waals surface area contributed by atoms with Crippen LogP contribution in [0.2, 0.25) is 0 Å². The molecule has 1 amide bonds. The van der Waals surface area contributed by atoms with Crippen LogP contribution >= 0.6 is 12.4 Å². The average molecular weight is 313 g/mol. The zero-order valence-electron chi connectivity index (χ0n) is 11.5. The number of nitrogens with one attached hydrogen (secondary N) is 2. The van der Waals surface area contributed by atoms with Crippen molar-refractivity contribution >= 4 is 28.2 Å². The van der Waals surface area contributed by atoms with Gasteiger partial charge in [0, 0.05) is 13.1 Å². The topological polar surface area (TPSA) is 75.3 Å². The molecule has 1 rings (SSSR count). The minimum Gasteiger partial charge on any atom is -0.354 e. The van der Waals surface area contributed by atoms with E-state index in [9.17, 15) is 13.2 Å². The summed E-state index contributed by atoms with van der Waals surface area (Å²) in [4.78, 5) is 11.5. The molecule has 0 aromatic heterocycles. The molecule has 0 aliphatic heterocycles. The monoisotopic (exact) mass is 312 g/mol. The molecule has 1 fully saturated rings. The van der Waals surface area contributed by atoms with Gasteiger partial charge in [-0.25, -0.2) is 8.42 Å². The maximum atomic E-state index is 11.9. The van der Waals surface area contributed by atoms with Crippen LogP contribution in [0.1, 0.15) is 39.0 Å². The van der Waals surface area contributed by atoms with E-state index in [1.807, 2.05) is 0 Å². The normalized spacial score (nSPS) is 16.1. The number of amides is 1. The van der Waals surface area contributed by atoms with Crippen molar-refractivity contribution in [2.75, 3.05) is 25.4 Å². The lowest BCUT2D eigenvalue weighted by molar-refractivity contribution is -0.118. The summed E-state index contributed by atoms with van der Waals surface area (Å²) in [6.07, 6.45) is 4.41. The molecular weight excluding hydrogens is 288 g/mol. The van der Waals surface area contributed by atoms with Crippen LogP contribution in [0.25, 0.3) is 0 Å². The van der Waals surface area contributed by atoms with Gasteiger partial charge < -0.3 is 10.6 Å². The zero-order chi connectivity index (χ0) is 13.4. The zero-order valence-corrected chi connectivity index (χ0v) is 13.1. The van der Waals surface area contributed by atoms with E-state index in [4.69, 9.17) is 0 Å². The van der Waals surface area contributed by atoms with Crippen molar-refractivity contribution in [1.82, 2.24) is 10.6 Å². The highest BCUT2D eigenvalue weighted by Crippen LogP contribution is 2.24. The highest BCUT2D eigenvalue weighted by Gasteiger charge is 2.30. The molecule has 114 valence electrons. The van der Waals surface area contributed by atoms with Gasteiger partial charge >= 0.3 is 0 Å². The van der Waals surface area contributed by atoms with Crippen molar-refractivity contribution in [2.24, 2.45) is 0 Å². The van der Waals surface area contributed by atoms with Gasteiger partial charge in [0.15, 0.2) is 9.84 Å². The average Bonchev–Trinajstić information content (AvgIpc) is 2.82. The molecule has 0 aromatic carbocycles. The summed E-state index contributed by atoms with van der Waals surface area (Å²) in [6.45, 7) is 4.15. The van der Waals surface area contributed by atoms with Crippen LogP contribution < -0.4 is 10.6 Å². The van der Waals surface area contributed by atoms with Crippen molar-refractivity contribution in [1.29, 1.82) is 0 Å². The molecule has 19 heavy (non-hydrogen) atoms. The Morgan fingerprint density at radius 3 is 2.37 bits per heavy atom. The highest BCUT2D eigenvalue weighted by molar-refractivity contribution is 7.92. The van der Waals surface area contributed by atoms with Gasteiger partial charge in [0.2, 0.25) is 5.91 Å². The molecule has 1 aliphatic rings. The summed E-state index contributed by atoms with van der Waals surface area (Å²) in [5.74, 6) is -0.731. The van der Waals surface area contributed by atoms with Crippen molar-refractivity contribution in [3.63, 3.8) is 0 Å². The minimum atomic E-state index is -3.24. The summed E-state index contributed by atoms with van der Waals surface area (Å²) >= 11 is 0. The molecule has 7 heteroatoms. The second-order valence-electron chi connectivity index (χ2n) is 4.81. The molecule has 0 unspecified atom stereocenters. The second-order valence-corrected chi connectivity index (χ2v) is 7.09. The Morgan fingerprint density at radius 1 is 1.16 bits per heavy atom. The number of halogens is 1. The molecule has 1 aliphatic carbocycles. The Hall–Kier alpha value is -0.330. The molecule has 0 atom stereocenters. The van der Waals surface area contributed by atoms with Gasteiger partial charge in [-0.05, 0) is 25.8 Å². The Labute approximate surface area is 122 Å². The molecule has 0 spiro atoms. The van der Waals surface area contributed by atoms with E-state index < -0.39 is 9.84 Å². The lowest BCUT2D eigenvalue weighted by atomic mass is 10.4. The summed E-state index contributed by atoms with van der Waals surface area (Å²) in [7, 11) is -3.24. The van der Waals surface area contributed by atoms with E-state index >= 15 is 0 Å². The first kappa shape index (κ1) is 18.7. The summed E-state index contributed by atoms with van der Waals surface area (Å²) in [6, 6.07) is 0. The van der Waals surface area contributed by atoms with Crippen LogP contribution in [-0.4, -0.2) is 45.0 Å². The number of carbonyl (C=O) groups excluding carboxylic acids is 1.